The summed E-state index contributed by atoms with van der Waals surface area (Å²) in [5.41, 5.74) is 1.72. The molecule has 5 heteroatoms. The van der Waals surface area contributed by atoms with Gasteiger partial charge in [-0.3, -0.25) is 0 Å². The molecule has 19 heavy (non-hydrogen) atoms. The van der Waals surface area contributed by atoms with E-state index in [9.17, 15) is 4.79 Å². The maximum absolute atomic E-state index is 11.0. The van der Waals surface area contributed by atoms with Crippen molar-refractivity contribution in [2.45, 2.75) is 19.8 Å². The molecule has 0 radical (unpaired) electrons. The summed E-state index contributed by atoms with van der Waals surface area (Å²) in [6.45, 7) is 1.87. The molecule has 0 amide bonds. The SMILES string of the molecule is CCc1nc(Cc2cccc(Cl)c2)ncc1C(=O)O. The lowest BCUT2D eigenvalue weighted by Gasteiger charge is -2.06. The number of aromatic nitrogens is 2. The Kier molecular flexibility index (Phi) is 4.12. The minimum atomic E-state index is -0.994. The molecule has 98 valence electrons. The number of carbonyl (C=O) groups is 1. The van der Waals surface area contributed by atoms with E-state index in [1.807, 2.05) is 25.1 Å². The van der Waals surface area contributed by atoms with Crippen LogP contribution in [0.3, 0.4) is 0 Å². The second-order valence-electron chi connectivity index (χ2n) is 4.11. The zero-order valence-corrected chi connectivity index (χ0v) is 11.2. The molecule has 1 heterocycles. The molecule has 0 aliphatic heterocycles. The summed E-state index contributed by atoms with van der Waals surface area (Å²) in [7, 11) is 0. The van der Waals surface area contributed by atoms with Gasteiger partial charge in [-0.25, -0.2) is 14.8 Å². The van der Waals surface area contributed by atoms with Gasteiger partial charge >= 0.3 is 5.97 Å². The predicted molar refractivity (Wildman–Crippen MR) is 72.6 cm³/mol. The normalized spacial score (nSPS) is 10.4. The molecule has 0 saturated carbocycles. The van der Waals surface area contributed by atoms with Crippen molar-refractivity contribution >= 4 is 17.6 Å². The van der Waals surface area contributed by atoms with Crippen molar-refractivity contribution in [1.29, 1.82) is 0 Å². The second-order valence-corrected chi connectivity index (χ2v) is 4.55. The molecule has 2 rings (SSSR count). The molecule has 1 N–H and O–H groups in total. The summed E-state index contributed by atoms with van der Waals surface area (Å²) in [5.74, 6) is -0.393. The van der Waals surface area contributed by atoms with E-state index in [4.69, 9.17) is 16.7 Å². The Morgan fingerprint density at radius 3 is 2.84 bits per heavy atom. The highest BCUT2D eigenvalue weighted by Gasteiger charge is 2.12. The summed E-state index contributed by atoms with van der Waals surface area (Å²) in [6, 6.07) is 7.45. The van der Waals surface area contributed by atoms with E-state index in [2.05, 4.69) is 9.97 Å². The molecule has 1 aromatic carbocycles. The van der Waals surface area contributed by atoms with Gasteiger partial charge in [0.25, 0.3) is 0 Å². The number of aromatic carboxylic acids is 1. The van der Waals surface area contributed by atoms with E-state index < -0.39 is 5.97 Å². The molecule has 0 saturated heterocycles. The van der Waals surface area contributed by atoms with Crippen LogP contribution in [0.2, 0.25) is 5.02 Å². The van der Waals surface area contributed by atoms with Crippen molar-refractivity contribution in [2.24, 2.45) is 0 Å². The lowest BCUT2D eigenvalue weighted by Crippen LogP contribution is -2.08. The Morgan fingerprint density at radius 2 is 2.21 bits per heavy atom. The number of carboxylic acid groups (broad SMARTS) is 1. The van der Waals surface area contributed by atoms with Crippen LogP contribution in [0.4, 0.5) is 0 Å². The third kappa shape index (κ3) is 3.29. The Balaban J connectivity index is 2.29. The van der Waals surface area contributed by atoms with Crippen LogP contribution in [0.25, 0.3) is 0 Å². The zero-order valence-electron chi connectivity index (χ0n) is 10.4. The van der Waals surface area contributed by atoms with E-state index in [1.165, 1.54) is 6.20 Å². The molecule has 0 spiro atoms. The fourth-order valence-corrected chi connectivity index (χ4v) is 2.03. The third-order valence-corrected chi connectivity index (χ3v) is 2.97. The van der Waals surface area contributed by atoms with E-state index in [0.717, 1.165) is 5.56 Å². The average Bonchev–Trinajstić information content (AvgIpc) is 2.38. The molecule has 0 aliphatic rings. The van der Waals surface area contributed by atoms with Gasteiger partial charge in [0.15, 0.2) is 0 Å². The van der Waals surface area contributed by atoms with Crippen molar-refractivity contribution in [3.05, 3.63) is 58.1 Å². The highest BCUT2D eigenvalue weighted by Crippen LogP contribution is 2.14. The van der Waals surface area contributed by atoms with Crippen LogP contribution in [0, 0.1) is 0 Å². The standard InChI is InChI=1S/C14H13ClN2O2/c1-2-12-11(14(18)19)8-16-13(17-12)7-9-4-3-5-10(15)6-9/h3-6,8H,2,7H2,1H3,(H,18,19). The largest absolute Gasteiger partial charge is 0.478 e. The molecule has 0 bridgehead atoms. The van der Waals surface area contributed by atoms with E-state index >= 15 is 0 Å². The minimum absolute atomic E-state index is 0.164. The van der Waals surface area contributed by atoms with Gasteiger partial charge in [-0.2, -0.15) is 0 Å². The van der Waals surface area contributed by atoms with Crippen LogP contribution in [0.5, 0.6) is 0 Å². The molecule has 0 unspecified atom stereocenters. The number of rotatable bonds is 4. The van der Waals surface area contributed by atoms with Crippen molar-refractivity contribution in [3.8, 4) is 0 Å². The molecular formula is C14H13ClN2O2. The molecule has 0 fully saturated rings. The number of nitrogens with zero attached hydrogens (tertiary/aromatic N) is 2. The van der Waals surface area contributed by atoms with Gasteiger partial charge in [-0.1, -0.05) is 30.7 Å². The van der Waals surface area contributed by atoms with Gasteiger partial charge in [0.1, 0.15) is 5.82 Å². The van der Waals surface area contributed by atoms with Crippen LogP contribution in [-0.4, -0.2) is 21.0 Å². The van der Waals surface area contributed by atoms with Gasteiger partial charge < -0.3 is 5.11 Å². The van der Waals surface area contributed by atoms with Crippen LogP contribution in [0.1, 0.15) is 34.4 Å². The van der Waals surface area contributed by atoms with Gasteiger partial charge in [-0.15, -0.1) is 0 Å². The third-order valence-electron chi connectivity index (χ3n) is 2.73. The predicted octanol–water partition coefficient (Wildman–Crippen LogP) is 2.98. The lowest BCUT2D eigenvalue weighted by atomic mass is 10.1. The number of hydrogen-bond acceptors (Lipinski definition) is 3. The maximum Gasteiger partial charge on any atom is 0.339 e. The van der Waals surface area contributed by atoms with Gasteiger partial charge in [0, 0.05) is 17.6 Å². The Hall–Kier alpha value is -1.94. The first-order valence-corrected chi connectivity index (χ1v) is 6.30. The fourth-order valence-electron chi connectivity index (χ4n) is 1.82. The van der Waals surface area contributed by atoms with Gasteiger partial charge in [0.05, 0.1) is 11.3 Å². The van der Waals surface area contributed by atoms with Crippen molar-refractivity contribution in [3.63, 3.8) is 0 Å². The van der Waals surface area contributed by atoms with Crippen LogP contribution in [0.15, 0.2) is 30.5 Å². The summed E-state index contributed by atoms with van der Waals surface area (Å²) in [5, 5.41) is 9.68. The van der Waals surface area contributed by atoms with Crippen LogP contribution >= 0.6 is 11.6 Å². The Bertz CT molecular complexity index is 614. The van der Waals surface area contributed by atoms with Crippen LogP contribution < -0.4 is 0 Å². The van der Waals surface area contributed by atoms with E-state index in [0.29, 0.717) is 29.4 Å². The second kappa shape index (κ2) is 5.80. The Labute approximate surface area is 116 Å². The molecule has 0 aliphatic carbocycles. The number of halogens is 1. The monoisotopic (exact) mass is 276 g/mol. The molecule has 1 aromatic heterocycles. The molecule has 2 aromatic rings. The average molecular weight is 277 g/mol. The first kappa shape index (κ1) is 13.5. The topological polar surface area (TPSA) is 63.1 Å². The van der Waals surface area contributed by atoms with Gasteiger partial charge in [-0.05, 0) is 24.1 Å². The summed E-state index contributed by atoms with van der Waals surface area (Å²) >= 11 is 5.92. The number of benzene rings is 1. The van der Waals surface area contributed by atoms with Crippen molar-refractivity contribution in [1.82, 2.24) is 9.97 Å². The van der Waals surface area contributed by atoms with Crippen molar-refractivity contribution < 1.29 is 9.90 Å². The number of hydrogen-bond donors (Lipinski definition) is 1. The number of carboxylic acids is 1. The Morgan fingerprint density at radius 1 is 1.42 bits per heavy atom. The highest BCUT2D eigenvalue weighted by molar-refractivity contribution is 6.30. The first-order valence-electron chi connectivity index (χ1n) is 5.92. The van der Waals surface area contributed by atoms with Crippen LogP contribution in [-0.2, 0) is 12.8 Å². The smallest absolute Gasteiger partial charge is 0.339 e. The fraction of sp³-hybridized carbons (Fsp3) is 0.214. The van der Waals surface area contributed by atoms with E-state index in [-0.39, 0.29) is 5.56 Å². The summed E-state index contributed by atoms with van der Waals surface area (Å²) < 4.78 is 0. The highest BCUT2D eigenvalue weighted by atomic mass is 35.5. The van der Waals surface area contributed by atoms with Gasteiger partial charge in [0.2, 0.25) is 0 Å². The molecule has 0 atom stereocenters. The first-order chi connectivity index (χ1) is 9.10. The molecular weight excluding hydrogens is 264 g/mol. The van der Waals surface area contributed by atoms with E-state index in [1.54, 1.807) is 6.07 Å². The minimum Gasteiger partial charge on any atom is -0.478 e. The lowest BCUT2D eigenvalue weighted by molar-refractivity contribution is 0.0694. The maximum atomic E-state index is 11.0. The summed E-state index contributed by atoms with van der Waals surface area (Å²) in [6.07, 6.45) is 2.47. The number of aryl methyl sites for hydroxylation is 1. The summed E-state index contributed by atoms with van der Waals surface area (Å²) in [4.78, 5) is 19.4. The zero-order chi connectivity index (χ0) is 13.8. The van der Waals surface area contributed by atoms with Crippen molar-refractivity contribution in [2.75, 3.05) is 0 Å². The molecule has 4 nitrogen and oxygen atoms in total. The quantitative estimate of drug-likeness (QED) is 0.932.